The minimum atomic E-state index is 0.902. The quantitative estimate of drug-likeness (QED) is 0.664. The Morgan fingerprint density at radius 2 is 2.23 bits per heavy atom. The summed E-state index contributed by atoms with van der Waals surface area (Å²) in [6, 6.07) is 8.45. The van der Waals surface area contributed by atoms with E-state index in [-0.39, 0.29) is 0 Å². The van der Waals surface area contributed by atoms with Gasteiger partial charge in [-0.25, -0.2) is 5.32 Å². The van der Waals surface area contributed by atoms with Gasteiger partial charge in [0.15, 0.2) is 0 Å². The van der Waals surface area contributed by atoms with E-state index in [1.165, 1.54) is 16.0 Å². The van der Waals surface area contributed by atoms with Gasteiger partial charge in [-0.1, -0.05) is 24.3 Å². The Hall–Kier alpha value is -0.730. The summed E-state index contributed by atoms with van der Waals surface area (Å²) in [6.07, 6.45) is 2.25. The Morgan fingerprint density at radius 1 is 1.38 bits per heavy atom. The third kappa shape index (κ3) is 2.14. The molecule has 1 fully saturated rings. The summed E-state index contributed by atoms with van der Waals surface area (Å²) >= 11 is 1.84. The maximum Gasteiger partial charge on any atom is 0.0638 e. The van der Waals surface area contributed by atoms with Gasteiger partial charge in [-0.3, -0.25) is 0 Å². The van der Waals surface area contributed by atoms with Gasteiger partial charge in [0.2, 0.25) is 0 Å². The molecule has 1 radical (unpaired) electrons. The molecule has 0 atom stereocenters. The van der Waals surface area contributed by atoms with Crippen molar-refractivity contribution in [2.75, 3.05) is 12.4 Å². The van der Waals surface area contributed by atoms with Crippen LogP contribution in [0.4, 0.5) is 0 Å². The van der Waals surface area contributed by atoms with Crippen LogP contribution in [0.5, 0.6) is 0 Å². The summed E-state index contributed by atoms with van der Waals surface area (Å²) in [5.74, 6) is 0.928. The third-order valence-electron chi connectivity index (χ3n) is 2.11. The van der Waals surface area contributed by atoms with Crippen molar-refractivity contribution in [3.63, 3.8) is 0 Å². The Balaban J connectivity index is 2.25. The molecule has 0 saturated carbocycles. The molecule has 2 rings (SSSR count). The Kier molecular flexibility index (Phi) is 2.71. The molecule has 0 unspecified atom stereocenters. The second kappa shape index (κ2) is 3.99. The average Bonchev–Trinajstić information content (AvgIpc) is 2.61. The molecule has 1 aliphatic rings. The van der Waals surface area contributed by atoms with Gasteiger partial charge in [0.25, 0.3) is 0 Å². The highest BCUT2D eigenvalue weighted by molar-refractivity contribution is 8.03. The van der Waals surface area contributed by atoms with Crippen molar-refractivity contribution in [2.45, 2.75) is 6.92 Å². The number of nitrogens with zero attached hydrogens (tertiary/aromatic N) is 1. The molecule has 1 aliphatic heterocycles. The standard InChI is InChI=1S/C11H12NS/c1-9-4-2-3-5-10(9)6-11-7-12-8-13-11/h2-6H,7-8H2,1H3/b11-6+. The van der Waals surface area contributed by atoms with Crippen molar-refractivity contribution in [3.8, 4) is 0 Å². The number of aryl methyl sites for hydroxylation is 1. The van der Waals surface area contributed by atoms with E-state index in [0.717, 1.165) is 12.4 Å². The lowest BCUT2D eigenvalue weighted by molar-refractivity contribution is 0.895. The molecule has 1 heterocycles. The van der Waals surface area contributed by atoms with Crippen LogP contribution in [0, 0.1) is 6.92 Å². The van der Waals surface area contributed by atoms with Crippen LogP contribution in [0.1, 0.15) is 11.1 Å². The highest BCUT2D eigenvalue weighted by atomic mass is 32.2. The van der Waals surface area contributed by atoms with Crippen molar-refractivity contribution in [1.82, 2.24) is 5.32 Å². The number of rotatable bonds is 1. The number of hydrogen-bond donors (Lipinski definition) is 0. The van der Waals surface area contributed by atoms with Crippen LogP contribution >= 0.6 is 11.8 Å². The van der Waals surface area contributed by atoms with Crippen molar-refractivity contribution in [1.29, 1.82) is 0 Å². The minimum absolute atomic E-state index is 0.902. The van der Waals surface area contributed by atoms with Crippen molar-refractivity contribution in [3.05, 3.63) is 40.3 Å². The van der Waals surface area contributed by atoms with Crippen LogP contribution in [0.25, 0.3) is 6.08 Å². The van der Waals surface area contributed by atoms with Crippen molar-refractivity contribution in [2.24, 2.45) is 0 Å². The van der Waals surface area contributed by atoms with Gasteiger partial charge in [0.05, 0.1) is 5.88 Å². The third-order valence-corrected chi connectivity index (χ3v) is 3.04. The molecule has 1 aromatic rings. The molecular formula is C11H12NS. The van der Waals surface area contributed by atoms with Gasteiger partial charge in [-0.2, -0.15) is 0 Å². The van der Waals surface area contributed by atoms with Crippen LogP contribution < -0.4 is 5.32 Å². The zero-order valence-electron chi connectivity index (χ0n) is 7.66. The Bertz CT molecular complexity index is 323. The molecule has 1 aromatic carbocycles. The predicted octanol–water partition coefficient (Wildman–Crippen LogP) is 2.64. The SMILES string of the molecule is Cc1ccccc1/C=C1\C[N]CS1. The van der Waals surface area contributed by atoms with E-state index < -0.39 is 0 Å². The highest BCUT2D eigenvalue weighted by Gasteiger charge is 2.07. The van der Waals surface area contributed by atoms with Gasteiger partial charge < -0.3 is 0 Å². The van der Waals surface area contributed by atoms with Crippen LogP contribution in [0.15, 0.2) is 29.2 Å². The lowest BCUT2D eigenvalue weighted by Gasteiger charge is -1.99. The monoisotopic (exact) mass is 190 g/mol. The minimum Gasteiger partial charge on any atom is -0.225 e. The molecule has 67 valence electrons. The maximum absolute atomic E-state index is 4.29. The summed E-state index contributed by atoms with van der Waals surface area (Å²) in [6.45, 7) is 3.04. The van der Waals surface area contributed by atoms with Crippen LogP contribution in [0.3, 0.4) is 0 Å². The maximum atomic E-state index is 4.29. The average molecular weight is 190 g/mol. The topological polar surface area (TPSA) is 14.1 Å². The molecule has 0 spiro atoms. The Morgan fingerprint density at radius 3 is 2.92 bits per heavy atom. The molecule has 0 N–H and O–H groups in total. The van der Waals surface area contributed by atoms with E-state index in [4.69, 9.17) is 0 Å². The normalized spacial score (nSPS) is 19.6. The Labute approximate surface area is 83.2 Å². The van der Waals surface area contributed by atoms with Gasteiger partial charge in [-0.05, 0) is 24.1 Å². The second-order valence-electron chi connectivity index (χ2n) is 3.12. The molecule has 1 nitrogen and oxygen atoms in total. The molecule has 0 aromatic heterocycles. The fourth-order valence-corrected chi connectivity index (χ4v) is 2.08. The largest absolute Gasteiger partial charge is 0.225 e. The first-order valence-corrected chi connectivity index (χ1v) is 5.37. The molecule has 13 heavy (non-hydrogen) atoms. The van der Waals surface area contributed by atoms with Crippen molar-refractivity contribution >= 4 is 17.8 Å². The van der Waals surface area contributed by atoms with Crippen LogP contribution in [-0.2, 0) is 0 Å². The number of benzene rings is 1. The van der Waals surface area contributed by atoms with Gasteiger partial charge in [-0.15, -0.1) is 11.8 Å². The fraction of sp³-hybridized carbons (Fsp3) is 0.273. The van der Waals surface area contributed by atoms with Crippen LogP contribution in [0.2, 0.25) is 0 Å². The fourth-order valence-electron chi connectivity index (χ4n) is 1.34. The van der Waals surface area contributed by atoms with Gasteiger partial charge in [0.1, 0.15) is 0 Å². The van der Waals surface area contributed by atoms with Crippen molar-refractivity contribution < 1.29 is 0 Å². The summed E-state index contributed by atoms with van der Waals surface area (Å²) in [4.78, 5) is 1.38. The number of hydrogen-bond acceptors (Lipinski definition) is 1. The lowest BCUT2D eigenvalue weighted by Crippen LogP contribution is -1.94. The van der Waals surface area contributed by atoms with E-state index in [2.05, 4.69) is 42.6 Å². The molecule has 1 saturated heterocycles. The van der Waals surface area contributed by atoms with E-state index in [0.29, 0.717) is 0 Å². The highest BCUT2D eigenvalue weighted by Crippen LogP contribution is 2.24. The van der Waals surface area contributed by atoms with E-state index in [9.17, 15) is 0 Å². The molecule has 2 heteroatoms. The van der Waals surface area contributed by atoms with E-state index in [1.807, 2.05) is 11.8 Å². The predicted molar refractivity (Wildman–Crippen MR) is 58.6 cm³/mol. The molecular weight excluding hydrogens is 178 g/mol. The number of thioether (sulfide) groups is 1. The molecule has 0 amide bonds. The van der Waals surface area contributed by atoms with Gasteiger partial charge >= 0.3 is 0 Å². The first-order chi connectivity index (χ1) is 6.36. The first kappa shape index (κ1) is 8.85. The summed E-state index contributed by atoms with van der Waals surface area (Å²) < 4.78 is 0. The van der Waals surface area contributed by atoms with E-state index in [1.54, 1.807) is 0 Å². The molecule has 0 bridgehead atoms. The zero-order valence-corrected chi connectivity index (χ0v) is 8.47. The summed E-state index contributed by atoms with van der Waals surface area (Å²) in [5, 5.41) is 4.29. The molecule has 0 aliphatic carbocycles. The van der Waals surface area contributed by atoms with E-state index >= 15 is 0 Å². The zero-order chi connectivity index (χ0) is 9.10. The van der Waals surface area contributed by atoms with Crippen LogP contribution in [-0.4, -0.2) is 12.4 Å². The second-order valence-corrected chi connectivity index (χ2v) is 4.19. The van der Waals surface area contributed by atoms with Gasteiger partial charge in [0, 0.05) is 11.4 Å². The lowest BCUT2D eigenvalue weighted by atomic mass is 10.1. The summed E-state index contributed by atoms with van der Waals surface area (Å²) in [5.41, 5.74) is 2.66. The first-order valence-electron chi connectivity index (χ1n) is 4.38. The smallest absolute Gasteiger partial charge is 0.0638 e. The summed E-state index contributed by atoms with van der Waals surface area (Å²) in [7, 11) is 0.